The molecule has 3 heterocycles. The average Bonchev–Trinajstić information content (AvgIpc) is 3.92. The summed E-state index contributed by atoms with van der Waals surface area (Å²) in [5.74, 6) is 0.955. The molecule has 1 amide bonds. The Morgan fingerprint density at radius 1 is 0.859 bits per heavy atom. The highest BCUT2D eigenvalue weighted by atomic mass is 35.5. The molecule has 1 saturated heterocycles. The van der Waals surface area contributed by atoms with Crippen LogP contribution >= 0.6 is 20.1 Å². The average molecular weight is 1020 g/mol. The topological polar surface area (TPSA) is 164 Å². The van der Waals surface area contributed by atoms with Crippen molar-refractivity contribution in [3.63, 3.8) is 0 Å². The van der Waals surface area contributed by atoms with Crippen LogP contribution in [0.3, 0.4) is 0 Å². The van der Waals surface area contributed by atoms with Gasteiger partial charge in [0.05, 0.1) is 46.3 Å². The van der Waals surface area contributed by atoms with Crippen LogP contribution in [0, 0.1) is 11.3 Å². The summed E-state index contributed by atoms with van der Waals surface area (Å²) in [6.45, 7) is 19.4. The van der Waals surface area contributed by atoms with Gasteiger partial charge in [-0.1, -0.05) is 105 Å². The van der Waals surface area contributed by atoms with Gasteiger partial charge in [-0.15, -0.1) is 0 Å². The zero-order valence-electron chi connectivity index (χ0n) is 42.3. The molecule has 18 heteroatoms. The second-order valence-electron chi connectivity index (χ2n) is 19.3. The van der Waals surface area contributed by atoms with Crippen LogP contribution < -0.4 is 14.8 Å². The Kier molecular flexibility index (Phi) is 17.4. The van der Waals surface area contributed by atoms with Gasteiger partial charge in [0.2, 0.25) is 5.95 Å². The number of fused-ring (bicyclic) bond motifs is 1. The van der Waals surface area contributed by atoms with E-state index < -0.39 is 52.9 Å². The number of benzene rings is 4. The van der Waals surface area contributed by atoms with Gasteiger partial charge in [-0.25, -0.2) is 9.65 Å². The van der Waals surface area contributed by atoms with Crippen LogP contribution in [-0.4, -0.2) is 96.2 Å². The highest BCUT2D eigenvalue weighted by molar-refractivity contribution is 7.44. The molecule has 0 spiro atoms. The van der Waals surface area contributed by atoms with Crippen molar-refractivity contribution in [1.29, 1.82) is 5.26 Å². The maximum atomic E-state index is 13.4. The normalized spacial score (nSPS) is 18.0. The first kappa shape index (κ1) is 53.5. The van der Waals surface area contributed by atoms with Crippen molar-refractivity contribution < 1.29 is 37.2 Å². The molecule has 6 aromatic rings. The minimum absolute atomic E-state index is 0.00685. The standard InChI is InChI=1S/C53H65ClN7O8PSi/c1-35(2)61(36(3)4)70(66-32-18-31-55)68-45-43(33-65-53(38-21-16-13-17-22-38,39-23-27-41(63-8)28-24-39)40-25-29-42(64-9)30-26-40)67-50(46(45)69-71(10,11)52(5,6)7)60-34-56-44-47(54)57-51(58-48(44)60)59-49(62)37-19-14-12-15-20-37/h12-17,19-30,34-36,43,45-46,50H,18,32-33H2,1-11H3,(H,57,58,59,62)/t43-,45-,46-,50-,70?/m1/s1. The monoisotopic (exact) mass is 1020 g/mol. The first-order valence-corrected chi connectivity index (χ1v) is 28.2. The molecule has 71 heavy (non-hydrogen) atoms. The number of rotatable bonds is 21. The van der Waals surface area contributed by atoms with E-state index in [1.54, 1.807) is 49.4 Å². The lowest BCUT2D eigenvalue weighted by Gasteiger charge is -2.42. The first-order chi connectivity index (χ1) is 33.9. The number of halogens is 1. The van der Waals surface area contributed by atoms with Gasteiger partial charge in [-0.05, 0) is 98.9 Å². The van der Waals surface area contributed by atoms with Crippen molar-refractivity contribution in [3.8, 4) is 17.6 Å². The molecule has 0 aliphatic carbocycles. The Labute approximate surface area is 424 Å². The van der Waals surface area contributed by atoms with E-state index in [2.05, 4.69) is 82.6 Å². The number of nitrogens with one attached hydrogen (secondary N) is 1. The van der Waals surface area contributed by atoms with Crippen LogP contribution in [-0.2, 0) is 28.5 Å². The van der Waals surface area contributed by atoms with E-state index >= 15 is 0 Å². The molecule has 4 aromatic carbocycles. The number of imidazole rings is 1. The summed E-state index contributed by atoms with van der Waals surface area (Å²) in [5.41, 5.74) is 2.34. The van der Waals surface area contributed by atoms with Gasteiger partial charge in [-0.2, -0.15) is 15.2 Å². The number of nitriles is 1. The van der Waals surface area contributed by atoms with E-state index in [1.807, 2.05) is 84.9 Å². The van der Waals surface area contributed by atoms with Crippen molar-refractivity contribution in [3.05, 3.63) is 143 Å². The quantitative estimate of drug-likeness (QED) is 0.0238. The lowest BCUT2D eigenvalue weighted by Crippen LogP contribution is -2.50. The van der Waals surface area contributed by atoms with Gasteiger partial charge < -0.3 is 32.4 Å². The summed E-state index contributed by atoms with van der Waals surface area (Å²) in [6, 6.07) is 36.7. The molecule has 1 aliphatic heterocycles. The van der Waals surface area contributed by atoms with Crippen LogP contribution in [0.2, 0.25) is 23.3 Å². The third-order valence-electron chi connectivity index (χ3n) is 12.9. The fourth-order valence-corrected chi connectivity index (χ4v) is 11.7. The molecular formula is C53H65ClN7O8PSi. The van der Waals surface area contributed by atoms with Crippen LogP contribution in [0.5, 0.6) is 11.5 Å². The molecule has 1 unspecified atom stereocenters. The second kappa shape index (κ2) is 23.1. The summed E-state index contributed by atoms with van der Waals surface area (Å²) in [5, 5.41) is 12.3. The van der Waals surface area contributed by atoms with Crippen molar-refractivity contribution in [1.82, 2.24) is 24.2 Å². The third-order valence-corrected chi connectivity index (χ3v) is 19.8. The van der Waals surface area contributed by atoms with E-state index in [0.29, 0.717) is 28.2 Å². The van der Waals surface area contributed by atoms with Crippen LogP contribution in [0.1, 0.15) is 88.2 Å². The van der Waals surface area contributed by atoms with E-state index in [9.17, 15) is 10.1 Å². The minimum Gasteiger partial charge on any atom is -0.497 e. The number of anilines is 1. The Hall–Kier alpha value is -5.31. The molecule has 0 saturated carbocycles. The van der Waals surface area contributed by atoms with Gasteiger partial charge in [0.25, 0.3) is 14.4 Å². The van der Waals surface area contributed by atoms with Gasteiger partial charge in [0, 0.05) is 17.6 Å². The Morgan fingerprint density at radius 3 is 1.96 bits per heavy atom. The van der Waals surface area contributed by atoms with E-state index in [0.717, 1.165) is 16.7 Å². The van der Waals surface area contributed by atoms with Crippen LogP contribution in [0.25, 0.3) is 11.2 Å². The number of hydrogen-bond donors (Lipinski definition) is 1. The predicted molar refractivity (Wildman–Crippen MR) is 279 cm³/mol. The van der Waals surface area contributed by atoms with Crippen molar-refractivity contribution >= 4 is 51.5 Å². The smallest absolute Gasteiger partial charge is 0.259 e. The number of hydrogen-bond acceptors (Lipinski definition) is 13. The number of ether oxygens (including phenoxy) is 4. The molecule has 7 rings (SSSR count). The minimum atomic E-state index is -2.70. The molecule has 1 fully saturated rings. The second-order valence-corrected chi connectivity index (χ2v) is 25.8. The number of methoxy groups -OCH3 is 2. The van der Waals surface area contributed by atoms with Crippen molar-refractivity contribution in [2.75, 3.05) is 32.8 Å². The fraction of sp³-hybridized carbons (Fsp3) is 0.415. The maximum absolute atomic E-state index is 13.4. The van der Waals surface area contributed by atoms with Crippen molar-refractivity contribution in [2.45, 2.75) is 115 Å². The number of carbonyl (C=O) groups excluding carboxylic acids is 1. The number of aromatic nitrogens is 4. The zero-order chi connectivity index (χ0) is 51.1. The van der Waals surface area contributed by atoms with Crippen molar-refractivity contribution in [2.24, 2.45) is 0 Å². The van der Waals surface area contributed by atoms with Crippen LogP contribution in [0.4, 0.5) is 5.95 Å². The summed E-state index contributed by atoms with van der Waals surface area (Å²) in [6.07, 6.45) is -1.68. The molecule has 15 nitrogen and oxygen atoms in total. The Balaban J connectivity index is 1.42. The Morgan fingerprint density at radius 2 is 1.42 bits per heavy atom. The molecular weight excluding hydrogens is 957 g/mol. The van der Waals surface area contributed by atoms with Gasteiger partial charge in [-0.3, -0.25) is 14.7 Å². The molecule has 1 aliphatic rings. The lowest BCUT2D eigenvalue weighted by atomic mass is 9.80. The molecule has 1 N–H and O–H groups in total. The first-order valence-electron chi connectivity index (χ1n) is 23.8. The summed E-state index contributed by atoms with van der Waals surface area (Å²) in [4.78, 5) is 27.4. The van der Waals surface area contributed by atoms with Gasteiger partial charge in [0.1, 0.15) is 40.9 Å². The number of nitrogens with zero attached hydrogens (tertiary/aromatic N) is 6. The molecule has 0 radical (unpaired) electrons. The summed E-state index contributed by atoms with van der Waals surface area (Å²) >= 11 is 6.86. The van der Waals surface area contributed by atoms with E-state index in [4.69, 9.17) is 54.0 Å². The van der Waals surface area contributed by atoms with Crippen LogP contribution in [0.15, 0.2) is 116 Å². The van der Waals surface area contributed by atoms with Gasteiger partial charge in [0.15, 0.2) is 25.3 Å². The number of amides is 1. The highest BCUT2D eigenvalue weighted by Gasteiger charge is 2.54. The SMILES string of the molecule is COc1ccc(C(OC[C@H]2O[C@@H](n3cnc4c(Cl)nc(NC(=O)c5ccccc5)nc43)[C@H](O[Si](C)(C)C(C)(C)C)[C@@H]2OP(OCCC#N)N(C(C)C)C(C)C)(c2ccccc2)c2ccc(OC)cc2)cc1. The fourth-order valence-electron chi connectivity index (χ4n) is 8.40. The van der Waals surface area contributed by atoms with E-state index in [1.165, 1.54) is 0 Å². The summed E-state index contributed by atoms with van der Waals surface area (Å²) in [7, 11) is -1.27. The maximum Gasteiger partial charge on any atom is 0.259 e. The van der Waals surface area contributed by atoms with E-state index in [-0.39, 0.29) is 47.9 Å². The summed E-state index contributed by atoms with van der Waals surface area (Å²) < 4.78 is 51.7. The molecule has 5 atom stereocenters. The largest absolute Gasteiger partial charge is 0.497 e. The molecule has 0 bridgehead atoms. The Bertz CT molecular complexity index is 2680. The molecule has 376 valence electrons. The number of carbonyl (C=O) groups is 1. The highest BCUT2D eigenvalue weighted by Crippen LogP contribution is 2.53. The lowest BCUT2D eigenvalue weighted by molar-refractivity contribution is -0.0926. The predicted octanol–water partition coefficient (Wildman–Crippen LogP) is 11.7. The van der Waals surface area contributed by atoms with Gasteiger partial charge >= 0.3 is 0 Å². The molecule has 2 aromatic heterocycles. The zero-order valence-corrected chi connectivity index (χ0v) is 45.0. The third kappa shape index (κ3) is 11.8.